The van der Waals surface area contributed by atoms with E-state index in [1.54, 1.807) is 12.1 Å². The molecule has 0 unspecified atom stereocenters. The van der Waals surface area contributed by atoms with Crippen molar-refractivity contribution in [3.05, 3.63) is 34.6 Å². The van der Waals surface area contributed by atoms with Gasteiger partial charge in [0.2, 0.25) is 0 Å². The molecule has 2 N–H and O–H groups in total. The van der Waals surface area contributed by atoms with E-state index in [2.05, 4.69) is 4.90 Å². The molecule has 1 aliphatic heterocycles. The number of hydrogen-bond donors (Lipinski definition) is 1. The summed E-state index contributed by atoms with van der Waals surface area (Å²) in [5, 5.41) is 0.433. The second kappa shape index (κ2) is 6.18. The van der Waals surface area contributed by atoms with Crippen LogP contribution < -0.4 is 5.73 Å². The highest BCUT2D eigenvalue weighted by atomic mass is 35.5. The molecule has 0 radical (unpaired) electrons. The molecule has 0 bridgehead atoms. The zero-order valence-electron chi connectivity index (χ0n) is 11.3. The number of rotatable bonds is 3. The van der Waals surface area contributed by atoms with Crippen molar-refractivity contribution in [1.82, 2.24) is 4.90 Å². The van der Waals surface area contributed by atoms with Gasteiger partial charge in [-0.15, -0.1) is 0 Å². The summed E-state index contributed by atoms with van der Waals surface area (Å²) >= 11 is 6.14. The summed E-state index contributed by atoms with van der Waals surface area (Å²) in [6, 6.07) is 4.54. The van der Waals surface area contributed by atoms with Crippen LogP contribution in [0.3, 0.4) is 0 Å². The first-order valence-corrected chi connectivity index (χ1v) is 6.94. The maximum Gasteiger partial charge on any atom is 0.129 e. The summed E-state index contributed by atoms with van der Waals surface area (Å²) in [6.07, 6.45) is 0.228. The lowest BCUT2D eigenvalue weighted by molar-refractivity contribution is -0.0802. The topological polar surface area (TPSA) is 38.5 Å². The van der Waals surface area contributed by atoms with Crippen LogP contribution in [0.15, 0.2) is 18.2 Å². The fourth-order valence-electron chi connectivity index (χ4n) is 2.75. The summed E-state index contributed by atoms with van der Waals surface area (Å²) in [5.41, 5.74) is 6.35. The van der Waals surface area contributed by atoms with E-state index in [0.29, 0.717) is 17.1 Å². The summed E-state index contributed by atoms with van der Waals surface area (Å²) < 4.78 is 19.7. The van der Waals surface area contributed by atoms with Gasteiger partial charge >= 0.3 is 0 Å². The highest BCUT2D eigenvalue weighted by Crippen LogP contribution is 2.31. The summed E-state index contributed by atoms with van der Waals surface area (Å²) in [4.78, 5) is 2.16. The summed E-state index contributed by atoms with van der Waals surface area (Å²) in [6.45, 7) is 5.83. The fraction of sp³-hybridized carbons (Fsp3) is 0.571. The molecule has 1 aliphatic rings. The van der Waals surface area contributed by atoms with Crippen LogP contribution in [0, 0.1) is 5.82 Å². The Morgan fingerprint density at radius 3 is 2.58 bits per heavy atom. The average Bonchev–Trinajstić information content (AvgIpc) is 2.32. The van der Waals surface area contributed by atoms with Crippen LogP contribution in [-0.2, 0) is 4.74 Å². The standard InChI is InChI=1S/C14H20ClFN2O/c1-9-7-18(8-10(2)19-9)13(6-17)14-11(15)4-3-5-12(14)16/h3-5,9-10,13H,6-8,17H2,1-2H3/t9-,10+,13-/m1/s1. The molecule has 0 aromatic heterocycles. The number of hydrogen-bond acceptors (Lipinski definition) is 3. The van der Waals surface area contributed by atoms with Crippen molar-refractivity contribution in [1.29, 1.82) is 0 Å². The predicted octanol–water partition coefficient (Wildman–Crippen LogP) is 2.59. The Morgan fingerprint density at radius 1 is 1.42 bits per heavy atom. The van der Waals surface area contributed by atoms with Crippen molar-refractivity contribution in [2.24, 2.45) is 5.73 Å². The maximum absolute atomic E-state index is 14.0. The quantitative estimate of drug-likeness (QED) is 0.928. The lowest BCUT2D eigenvalue weighted by Crippen LogP contribution is -2.48. The Morgan fingerprint density at radius 2 is 2.05 bits per heavy atom. The van der Waals surface area contributed by atoms with Gasteiger partial charge in [0.05, 0.1) is 18.2 Å². The lowest BCUT2D eigenvalue weighted by atomic mass is 10.0. The van der Waals surface area contributed by atoms with Crippen molar-refractivity contribution in [3.63, 3.8) is 0 Å². The number of morpholine rings is 1. The molecule has 0 saturated carbocycles. The predicted molar refractivity (Wildman–Crippen MR) is 74.8 cm³/mol. The van der Waals surface area contributed by atoms with Gasteiger partial charge in [-0.2, -0.15) is 0 Å². The average molecular weight is 287 g/mol. The van der Waals surface area contributed by atoms with Gasteiger partial charge in [-0.05, 0) is 26.0 Å². The van der Waals surface area contributed by atoms with Gasteiger partial charge in [0.15, 0.2) is 0 Å². The number of nitrogens with zero attached hydrogens (tertiary/aromatic N) is 1. The highest BCUT2D eigenvalue weighted by molar-refractivity contribution is 6.31. The van der Waals surface area contributed by atoms with Crippen molar-refractivity contribution in [2.75, 3.05) is 19.6 Å². The molecule has 0 aliphatic carbocycles. The van der Waals surface area contributed by atoms with Crippen molar-refractivity contribution >= 4 is 11.6 Å². The molecular formula is C14H20ClFN2O. The van der Waals surface area contributed by atoms with Crippen LogP contribution >= 0.6 is 11.6 Å². The van der Waals surface area contributed by atoms with Crippen LogP contribution in [0.4, 0.5) is 4.39 Å². The molecule has 1 saturated heterocycles. The van der Waals surface area contributed by atoms with Crippen LogP contribution in [-0.4, -0.2) is 36.7 Å². The molecule has 1 heterocycles. The fourth-order valence-corrected chi connectivity index (χ4v) is 3.04. The number of halogens is 2. The third-order valence-electron chi connectivity index (χ3n) is 3.44. The van der Waals surface area contributed by atoms with Gasteiger partial charge in [-0.1, -0.05) is 17.7 Å². The van der Waals surface area contributed by atoms with Gasteiger partial charge in [-0.3, -0.25) is 4.90 Å². The van der Waals surface area contributed by atoms with E-state index >= 15 is 0 Å². The first-order valence-electron chi connectivity index (χ1n) is 6.56. The molecule has 2 rings (SSSR count). The minimum atomic E-state index is -0.297. The Kier molecular flexibility index (Phi) is 4.79. The Balaban J connectivity index is 2.29. The van der Waals surface area contributed by atoms with Gasteiger partial charge in [0, 0.05) is 30.2 Å². The van der Waals surface area contributed by atoms with Crippen LogP contribution in [0.2, 0.25) is 5.02 Å². The van der Waals surface area contributed by atoms with Gasteiger partial charge in [0.25, 0.3) is 0 Å². The van der Waals surface area contributed by atoms with E-state index in [4.69, 9.17) is 22.1 Å². The molecule has 0 spiro atoms. The Bertz CT molecular complexity index is 413. The minimum Gasteiger partial charge on any atom is -0.373 e. The largest absolute Gasteiger partial charge is 0.373 e. The van der Waals surface area contributed by atoms with E-state index in [1.165, 1.54) is 6.07 Å². The third-order valence-corrected chi connectivity index (χ3v) is 3.77. The highest BCUT2D eigenvalue weighted by Gasteiger charge is 2.30. The molecule has 1 fully saturated rings. The van der Waals surface area contributed by atoms with Gasteiger partial charge in [0.1, 0.15) is 5.82 Å². The molecular weight excluding hydrogens is 267 g/mol. The monoisotopic (exact) mass is 286 g/mol. The van der Waals surface area contributed by atoms with E-state index in [0.717, 1.165) is 13.1 Å². The normalized spacial score (nSPS) is 26.4. The van der Waals surface area contributed by atoms with E-state index in [-0.39, 0.29) is 24.1 Å². The molecule has 1 aromatic carbocycles. The molecule has 5 heteroatoms. The summed E-state index contributed by atoms with van der Waals surface area (Å²) in [7, 11) is 0. The molecule has 1 aromatic rings. The third kappa shape index (κ3) is 3.26. The van der Waals surface area contributed by atoms with Gasteiger partial charge < -0.3 is 10.5 Å². The SMILES string of the molecule is C[C@@H]1CN([C@H](CN)c2c(F)cccc2Cl)C[C@H](C)O1. The van der Waals surface area contributed by atoms with E-state index < -0.39 is 0 Å². The first-order chi connectivity index (χ1) is 9.02. The molecule has 19 heavy (non-hydrogen) atoms. The number of nitrogens with two attached hydrogens (primary N) is 1. The molecule has 3 atom stereocenters. The summed E-state index contributed by atoms with van der Waals surface area (Å²) in [5.74, 6) is -0.297. The zero-order valence-corrected chi connectivity index (χ0v) is 12.0. The first kappa shape index (κ1) is 14.7. The smallest absolute Gasteiger partial charge is 0.129 e. The number of benzene rings is 1. The second-order valence-electron chi connectivity index (χ2n) is 5.10. The van der Waals surface area contributed by atoms with E-state index in [9.17, 15) is 4.39 Å². The van der Waals surface area contributed by atoms with Crippen LogP contribution in [0.25, 0.3) is 0 Å². The molecule has 106 valence electrons. The van der Waals surface area contributed by atoms with Crippen molar-refractivity contribution in [2.45, 2.75) is 32.1 Å². The molecule has 3 nitrogen and oxygen atoms in total. The second-order valence-corrected chi connectivity index (χ2v) is 5.51. The Labute approximate surface area is 118 Å². The lowest BCUT2D eigenvalue weighted by Gasteiger charge is -2.40. The Hall–Kier alpha value is -0.680. The number of ether oxygens (including phenoxy) is 1. The van der Waals surface area contributed by atoms with Crippen molar-refractivity contribution < 1.29 is 9.13 Å². The van der Waals surface area contributed by atoms with Gasteiger partial charge in [-0.25, -0.2) is 4.39 Å². The van der Waals surface area contributed by atoms with Crippen LogP contribution in [0.1, 0.15) is 25.5 Å². The van der Waals surface area contributed by atoms with Crippen molar-refractivity contribution in [3.8, 4) is 0 Å². The maximum atomic E-state index is 14.0. The van der Waals surface area contributed by atoms with E-state index in [1.807, 2.05) is 13.8 Å². The zero-order chi connectivity index (χ0) is 14.0. The van der Waals surface area contributed by atoms with Crippen LogP contribution in [0.5, 0.6) is 0 Å². The minimum absolute atomic E-state index is 0.114. The molecule has 0 amide bonds.